The molecule has 2 aromatic carbocycles. The van der Waals surface area contributed by atoms with Gasteiger partial charge in [0, 0.05) is 20.1 Å². The molecular formula is C26H30FN5O6S. The van der Waals surface area contributed by atoms with Crippen LogP contribution in [-0.4, -0.2) is 39.1 Å². The van der Waals surface area contributed by atoms with Crippen LogP contribution in [0.4, 0.5) is 21.6 Å². The van der Waals surface area contributed by atoms with E-state index in [1.165, 1.54) is 63.0 Å². The van der Waals surface area contributed by atoms with E-state index in [-0.39, 0.29) is 51.6 Å². The predicted molar refractivity (Wildman–Crippen MR) is 146 cm³/mol. The second-order valence-corrected chi connectivity index (χ2v) is 10.8. The Labute approximate surface area is 225 Å². The number of carbonyl (C=O) groups is 1. The maximum Gasteiger partial charge on any atom is 0.298 e. The first-order chi connectivity index (χ1) is 18.5. The SMILES string of the molecule is CNS(=O)(=O)Nc1cccc(Oc2c(C(=O)NC3CC3)c(Nc3ccc(C)cc3F)n(C)c(=O)c2C)c1OC. The van der Waals surface area contributed by atoms with Gasteiger partial charge in [0.05, 0.1) is 24.0 Å². The highest BCUT2D eigenvalue weighted by Crippen LogP contribution is 2.41. The van der Waals surface area contributed by atoms with Crippen molar-refractivity contribution in [1.29, 1.82) is 0 Å². The monoisotopic (exact) mass is 559 g/mol. The lowest BCUT2D eigenvalue weighted by Crippen LogP contribution is -2.31. The molecule has 0 unspecified atom stereocenters. The highest BCUT2D eigenvalue weighted by molar-refractivity contribution is 7.90. The molecule has 0 saturated heterocycles. The summed E-state index contributed by atoms with van der Waals surface area (Å²) >= 11 is 0. The van der Waals surface area contributed by atoms with Crippen LogP contribution < -0.4 is 35.1 Å². The number of ether oxygens (including phenoxy) is 2. The van der Waals surface area contributed by atoms with Crippen molar-refractivity contribution in [3.05, 3.63) is 69.3 Å². The molecule has 1 aromatic heterocycles. The number of aryl methyl sites for hydroxylation is 1. The maximum atomic E-state index is 14.8. The smallest absolute Gasteiger partial charge is 0.298 e. The van der Waals surface area contributed by atoms with E-state index >= 15 is 0 Å². The lowest BCUT2D eigenvalue weighted by atomic mass is 10.1. The maximum absolute atomic E-state index is 14.8. The van der Waals surface area contributed by atoms with E-state index in [9.17, 15) is 22.4 Å². The first kappa shape index (κ1) is 27.9. The largest absolute Gasteiger partial charge is 0.491 e. The molecule has 0 aliphatic heterocycles. The molecule has 3 aromatic rings. The number of benzene rings is 2. The third kappa shape index (κ3) is 5.99. The van der Waals surface area contributed by atoms with Gasteiger partial charge in [0.15, 0.2) is 17.2 Å². The summed E-state index contributed by atoms with van der Waals surface area (Å²) in [4.78, 5) is 26.8. The Balaban J connectivity index is 1.89. The number of hydrogen-bond acceptors (Lipinski definition) is 7. The average Bonchev–Trinajstić information content (AvgIpc) is 3.70. The number of rotatable bonds is 10. The molecule has 1 amide bonds. The number of anilines is 3. The number of nitrogens with zero attached hydrogens (tertiary/aromatic N) is 1. The van der Waals surface area contributed by atoms with Gasteiger partial charge in [0.2, 0.25) is 0 Å². The Kier molecular flexibility index (Phi) is 7.84. The van der Waals surface area contributed by atoms with E-state index in [0.717, 1.165) is 12.8 Å². The standard InChI is InChI=1S/C26H30FN5O6S/c1-14-9-12-18(17(27)13-14)30-24-21(25(33)29-16-10-11-16)22(15(2)26(34)32(24)4)38-20-8-6-7-19(23(20)37-5)31-39(35,36)28-3/h6-9,12-13,16,28,30-31H,10-11H2,1-5H3,(H,29,33). The molecule has 0 spiro atoms. The molecule has 1 aliphatic carbocycles. The van der Waals surface area contributed by atoms with Crippen LogP contribution >= 0.6 is 0 Å². The second kappa shape index (κ2) is 10.9. The first-order valence-corrected chi connectivity index (χ1v) is 13.6. The van der Waals surface area contributed by atoms with E-state index < -0.39 is 27.5 Å². The minimum absolute atomic E-state index is 0.0176. The summed E-state index contributed by atoms with van der Waals surface area (Å²) in [6.45, 7) is 3.25. The molecule has 1 fully saturated rings. The quantitative estimate of drug-likeness (QED) is 0.298. The molecule has 208 valence electrons. The molecule has 0 radical (unpaired) electrons. The number of methoxy groups -OCH3 is 1. The molecule has 1 aliphatic rings. The Bertz CT molecular complexity index is 1600. The van der Waals surface area contributed by atoms with E-state index in [0.29, 0.717) is 5.56 Å². The minimum atomic E-state index is -3.89. The fourth-order valence-corrected chi connectivity index (χ4v) is 4.48. The van der Waals surface area contributed by atoms with Crippen LogP contribution in [0.1, 0.15) is 34.3 Å². The molecule has 1 saturated carbocycles. The molecule has 4 rings (SSSR count). The van der Waals surface area contributed by atoms with E-state index in [1.807, 2.05) is 0 Å². The number of carbonyl (C=O) groups excluding carboxylic acids is 1. The Morgan fingerprint density at radius 2 is 1.82 bits per heavy atom. The van der Waals surface area contributed by atoms with Crippen molar-refractivity contribution >= 4 is 33.3 Å². The summed E-state index contributed by atoms with van der Waals surface area (Å²) in [7, 11) is 0.145. The highest BCUT2D eigenvalue weighted by Gasteiger charge is 2.31. The van der Waals surface area contributed by atoms with E-state index in [4.69, 9.17) is 9.47 Å². The number of amides is 1. The third-order valence-electron chi connectivity index (χ3n) is 6.19. The molecule has 39 heavy (non-hydrogen) atoms. The van der Waals surface area contributed by atoms with E-state index in [2.05, 4.69) is 20.1 Å². The Hall–Kier alpha value is -4.10. The zero-order chi connectivity index (χ0) is 28.5. The number of aromatic nitrogens is 1. The number of halogens is 1. The summed E-state index contributed by atoms with van der Waals surface area (Å²) in [6, 6.07) is 9.00. The van der Waals surface area contributed by atoms with Crippen LogP contribution in [0.5, 0.6) is 17.2 Å². The fraction of sp³-hybridized carbons (Fsp3) is 0.308. The van der Waals surface area contributed by atoms with Gasteiger partial charge in [-0.15, -0.1) is 0 Å². The summed E-state index contributed by atoms with van der Waals surface area (Å²) in [5.74, 6) is -1.09. The van der Waals surface area contributed by atoms with Crippen LogP contribution in [-0.2, 0) is 17.3 Å². The fourth-order valence-electron chi connectivity index (χ4n) is 3.92. The van der Waals surface area contributed by atoms with Crippen molar-refractivity contribution in [2.45, 2.75) is 32.7 Å². The number of hydrogen-bond donors (Lipinski definition) is 4. The van der Waals surface area contributed by atoms with Crippen molar-refractivity contribution in [3.63, 3.8) is 0 Å². The topological polar surface area (TPSA) is 140 Å². The molecule has 0 bridgehead atoms. The predicted octanol–water partition coefficient (Wildman–Crippen LogP) is 3.45. The van der Waals surface area contributed by atoms with Crippen molar-refractivity contribution in [1.82, 2.24) is 14.6 Å². The molecule has 1 heterocycles. The summed E-state index contributed by atoms with van der Waals surface area (Å²) < 4.78 is 56.3. The van der Waals surface area contributed by atoms with Gasteiger partial charge >= 0.3 is 0 Å². The van der Waals surface area contributed by atoms with Gasteiger partial charge in [-0.05, 0) is 56.5 Å². The van der Waals surface area contributed by atoms with Gasteiger partial charge in [-0.2, -0.15) is 8.42 Å². The van der Waals surface area contributed by atoms with Gasteiger partial charge in [-0.1, -0.05) is 12.1 Å². The van der Waals surface area contributed by atoms with Crippen molar-refractivity contribution in [2.75, 3.05) is 24.2 Å². The van der Waals surface area contributed by atoms with E-state index in [1.54, 1.807) is 13.0 Å². The zero-order valence-electron chi connectivity index (χ0n) is 22.1. The summed E-state index contributed by atoms with van der Waals surface area (Å²) in [5, 5.41) is 5.80. The normalized spacial score (nSPS) is 13.1. The molecular weight excluding hydrogens is 529 g/mol. The van der Waals surface area contributed by atoms with Gasteiger partial charge < -0.3 is 20.1 Å². The van der Waals surface area contributed by atoms with Crippen LogP contribution in [0.15, 0.2) is 41.2 Å². The molecule has 11 nitrogen and oxygen atoms in total. The van der Waals surface area contributed by atoms with Crippen LogP contribution in [0.3, 0.4) is 0 Å². The Morgan fingerprint density at radius 3 is 2.44 bits per heavy atom. The number of para-hydroxylation sites is 1. The molecule has 4 N–H and O–H groups in total. The van der Waals surface area contributed by atoms with Crippen LogP contribution in [0.2, 0.25) is 0 Å². The summed E-state index contributed by atoms with van der Waals surface area (Å²) in [5.41, 5.74) is 0.421. The Morgan fingerprint density at radius 1 is 1.10 bits per heavy atom. The van der Waals surface area contributed by atoms with Gasteiger partial charge in [0.1, 0.15) is 17.2 Å². The number of pyridine rings is 1. The van der Waals surface area contributed by atoms with Crippen LogP contribution in [0, 0.1) is 19.7 Å². The van der Waals surface area contributed by atoms with Crippen molar-refractivity contribution < 1.29 is 27.1 Å². The second-order valence-electron chi connectivity index (χ2n) is 9.15. The lowest BCUT2D eigenvalue weighted by molar-refractivity contribution is 0.0948. The van der Waals surface area contributed by atoms with Crippen molar-refractivity contribution in [2.24, 2.45) is 7.05 Å². The summed E-state index contributed by atoms with van der Waals surface area (Å²) in [6.07, 6.45) is 1.62. The minimum Gasteiger partial charge on any atom is -0.491 e. The first-order valence-electron chi connectivity index (χ1n) is 12.1. The van der Waals surface area contributed by atoms with Gasteiger partial charge in [-0.3, -0.25) is 18.9 Å². The van der Waals surface area contributed by atoms with Gasteiger partial charge in [-0.25, -0.2) is 9.11 Å². The zero-order valence-corrected chi connectivity index (χ0v) is 23.0. The number of nitrogens with one attached hydrogen (secondary N) is 4. The lowest BCUT2D eigenvalue weighted by Gasteiger charge is -2.22. The molecule has 13 heteroatoms. The van der Waals surface area contributed by atoms with Crippen LogP contribution in [0.25, 0.3) is 0 Å². The van der Waals surface area contributed by atoms with Gasteiger partial charge in [0.25, 0.3) is 21.7 Å². The average molecular weight is 560 g/mol. The highest BCUT2D eigenvalue weighted by atomic mass is 32.2. The molecule has 0 atom stereocenters. The van der Waals surface area contributed by atoms with Crippen molar-refractivity contribution in [3.8, 4) is 17.2 Å². The third-order valence-corrected chi connectivity index (χ3v) is 7.22.